The van der Waals surface area contributed by atoms with Gasteiger partial charge in [0.25, 0.3) is 0 Å². The molecular formula is C24H31N3O3. The van der Waals surface area contributed by atoms with E-state index >= 15 is 0 Å². The highest BCUT2D eigenvalue weighted by Gasteiger charge is 2.21. The zero-order chi connectivity index (χ0) is 21.7. The minimum absolute atomic E-state index is 0.251. The van der Waals surface area contributed by atoms with Crippen LogP contribution in [0.3, 0.4) is 0 Å². The normalized spacial score (nSPS) is 14.1. The molecule has 1 atom stereocenters. The van der Waals surface area contributed by atoms with Gasteiger partial charge in [-0.1, -0.05) is 42.5 Å². The SMILES string of the molecule is CC(NC(=O)OC(C)(C)C)C(=O)NCc1ccc(CN2CCc3ccccc32)cc1. The first kappa shape index (κ1) is 21.7. The number of alkyl carbamates (subject to hydrolysis) is 1. The van der Waals surface area contributed by atoms with E-state index in [2.05, 4.69) is 51.9 Å². The molecule has 0 bridgehead atoms. The second-order valence-electron chi connectivity index (χ2n) is 8.70. The predicted octanol–water partition coefficient (Wildman–Crippen LogP) is 3.78. The maximum Gasteiger partial charge on any atom is 0.408 e. The van der Waals surface area contributed by atoms with Crippen molar-refractivity contribution in [3.8, 4) is 0 Å². The van der Waals surface area contributed by atoms with Crippen LogP contribution >= 0.6 is 0 Å². The standard InChI is InChI=1S/C24H31N3O3/c1-17(26-23(29)30-24(2,3)4)22(28)25-15-18-9-11-19(12-10-18)16-27-14-13-20-7-5-6-8-21(20)27/h5-12,17H,13-16H2,1-4H3,(H,25,28)(H,26,29). The van der Waals surface area contributed by atoms with Crippen LogP contribution in [0.2, 0.25) is 0 Å². The Morgan fingerprint density at radius 1 is 1.07 bits per heavy atom. The van der Waals surface area contributed by atoms with Crippen LogP contribution in [0.15, 0.2) is 48.5 Å². The van der Waals surface area contributed by atoms with Crippen molar-refractivity contribution in [3.63, 3.8) is 0 Å². The minimum Gasteiger partial charge on any atom is -0.444 e. The van der Waals surface area contributed by atoms with Crippen LogP contribution in [0, 0.1) is 0 Å². The average Bonchev–Trinajstić information content (AvgIpc) is 3.08. The maximum absolute atomic E-state index is 12.2. The molecule has 0 radical (unpaired) electrons. The fraction of sp³-hybridized carbons (Fsp3) is 0.417. The summed E-state index contributed by atoms with van der Waals surface area (Å²) in [6.45, 7) is 9.30. The Hall–Kier alpha value is -3.02. The van der Waals surface area contributed by atoms with E-state index in [9.17, 15) is 9.59 Å². The summed E-state index contributed by atoms with van der Waals surface area (Å²) in [5.74, 6) is -0.251. The number of benzene rings is 2. The second kappa shape index (κ2) is 9.20. The van der Waals surface area contributed by atoms with E-state index in [4.69, 9.17) is 4.74 Å². The summed E-state index contributed by atoms with van der Waals surface area (Å²) < 4.78 is 5.18. The van der Waals surface area contributed by atoms with Crippen LogP contribution in [0.5, 0.6) is 0 Å². The Bertz CT molecular complexity index is 887. The lowest BCUT2D eigenvalue weighted by Gasteiger charge is -2.21. The van der Waals surface area contributed by atoms with E-state index in [1.165, 1.54) is 16.8 Å². The fourth-order valence-corrected chi connectivity index (χ4v) is 3.45. The van der Waals surface area contributed by atoms with Gasteiger partial charge in [-0.3, -0.25) is 4.79 Å². The van der Waals surface area contributed by atoms with Crippen molar-refractivity contribution in [2.75, 3.05) is 11.4 Å². The van der Waals surface area contributed by atoms with Crippen LogP contribution in [0.1, 0.15) is 44.4 Å². The third-order valence-corrected chi connectivity index (χ3v) is 4.97. The van der Waals surface area contributed by atoms with Crippen molar-refractivity contribution in [1.29, 1.82) is 0 Å². The van der Waals surface area contributed by atoms with Crippen molar-refractivity contribution >= 4 is 17.7 Å². The Morgan fingerprint density at radius 3 is 2.43 bits per heavy atom. The highest BCUT2D eigenvalue weighted by atomic mass is 16.6. The molecule has 2 aromatic rings. The average molecular weight is 410 g/mol. The summed E-state index contributed by atoms with van der Waals surface area (Å²) in [5, 5.41) is 5.40. The van der Waals surface area contributed by atoms with Crippen LogP contribution in [0.25, 0.3) is 0 Å². The Kier molecular flexibility index (Phi) is 6.65. The van der Waals surface area contributed by atoms with Crippen molar-refractivity contribution in [1.82, 2.24) is 10.6 Å². The molecule has 0 saturated carbocycles. The zero-order valence-corrected chi connectivity index (χ0v) is 18.2. The summed E-state index contributed by atoms with van der Waals surface area (Å²) in [6.07, 6.45) is 0.494. The maximum atomic E-state index is 12.2. The summed E-state index contributed by atoms with van der Waals surface area (Å²) >= 11 is 0. The van der Waals surface area contributed by atoms with E-state index in [1.807, 2.05) is 12.1 Å². The third kappa shape index (κ3) is 5.99. The summed E-state index contributed by atoms with van der Waals surface area (Å²) in [7, 11) is 0. The van der Waals surface area contributed by atoms with Gasteiger partial charge < -0.3 is 20.3 Å². The van der Waals surface area contributed by atoms with Crippen molar-refractivity contribution in [2.24, 2.45) is 0 Å². The molecule has 1 aliphatic heterocycles. The number of nitrogens with one attached hydrogen (secondary N) is 2. The number of anilines is 1. The van der Waals surface area contributed by atoms with Crippen LogP contribution < -0.4 is 15.5 Å². The molecule has 0 saturated heterocycles. The molecule has 2 aromatic carbocycles. The smallest absolute Gasteiger partial charge is 0.408 e. The number of amides is 2. The van der Waals surface area contributed by atoms with Gasteiger partial charge in [0.15, 0.2) is 0 Å². The van der Waals surface area contributed by atoms with Gasteiger partial charge in [0.1, 0.15) is 11.6 Å². The lowest BCUT2D eigenvalue weighted by atomic mass is 10.1. The fourth-order valence-electron chi connectivity index (χ4n) is 3.45. The highest BCUT2D eigenvalue weighted by molar-refractivity contribution is 5.85. The van der Waals surface area contributed by atoms with E-state index in [-0.39, 0.29) is 5.91 Å². The van der Waals surface area contributed by atoms with Gasteiger partial charge in [-0.15, -0.1) is 0 Å². The van der Waals surface area contributed by atoms with Crippen molar-refractivity contribution in [2.45, 2.75) is 58.8 Å². The number of para-hydroxylation sites is 1. The third-order valence-electron chi connectivity index (χ3n) is 4.97. The number of carbonyl (C=O) groups excluding carboxylic acids is 2. The Labute approximate surface area is 178 Å². The van der Waals surface area contributed by atoms with Gasteiger partial charge in [0.05, 0.1) is 0 Å². The van der Waals surface area contributed by atoms with Crippen molar-refractivity contribution < 1.29 is 14.3 Å². The molecule has 6 nitrogen and oxygen atoms in total. The van der Waals surface area contributed by atoms with Crippen LogP contribution in [0.4, 0.5) is 10.5 Å². The number of carbonyl (C=O) groups is 2. The number of hydrogen-bond acceptors (Lipinski definition) is 4. The topological polar surface area (TPSA) is 70.7 Å². The van der Waals surface area contributed by atoms with Crippen molar-refractivity contribution in [3.05, 3.63) is 65.2 Å². The monoisotopic (exact) mass is 409 g/mol. The molecule has 1 heterocycles. The molecule has 2 amide bonds. The summed E-state index contributed by atoms with van der Waals surface area (Å²) in [6, 6.07) is 16.1. The Balaban J connectivity index is 1.47. The molecule has 0 fully saturated rings. The largest absolute Gasteiger partial charge is 0.444 e. The minimum atomic E-state index is -0.672. The van der Waals surface area contributed by atoms with Gasteiger partial charge in [-0.25, -0.2) is 4.79 Å². The lowest BCUT2D eigenvalue weighted by Crippen LogP contribution is -2.46. The number of hydrogen-bond donors (Lipinski definition) is 2. The molecule has 0 aliphatic carbocycles. The molecule has 1 unspecified atom stereocenters. The molecule has 160 valence electrons. The molecule has 6 heteroatoms. The first-order valence-corrected chi connectivity index (χ1v) is 10.4. The van der Waals surface area contributed by atoms with E-state index in [0.29, 0.717) is 6.54 Å². The van der Waals surface area contributed by atoms with E-state index in [0.717, 1.165) is 25.1 Å². The van der Waals surface area contributed by atoms with Gasteiger partial charge in [0.2, 0.25) is 5.91 Å². The van der Waals surface area contributed by atoms with Gasteiger partial charge in [-0.2, -0.15) is 0 Å². The number of ether oxygens (including phenoxy) is 1. The molecule has 1 aliphatic rings. The molecule has 2 N–H and O–H groups in total. The second-order valence-corrected chi connectivity index (χ2v) is 8.70. The first-order chi connectivity index (χ1) is 14.2. The summed E-state index contributed by atoms with van der Waals surface area (Å²) in [5.41, 5.74) is 4.38. The van der Waals surface area contributed by atoms with Crippen LogP contribution in [-0.4, -0.2) is 30.2 Å². The molecule has 0 aromatic heterocycles. The molecular weight excluding hydrogens is 378 g/mol. The quantitative estimate of drug-likeness (QED) is 0.762. The number of rotatable bonds is 6. The van der Waals surface area contributed by atoms with Gasteiger partial charge >= 0.3 is 6.09 Å². The number of nitrogens with zero attached hydrogens (tertiary/aromatic N) is 1. The van der Waals surface area contributed by atoms with Gasteiger partial charge in [-0.05, 0) is 56.9 Å². The highest BCUT2D eigenvalue weighted by Crippen LogP contribution is 2.28. The first-order valence-electron chi connectivity index (χ1n) is 10.4. The molecule has 3 rings (SSSR count). The summed E-state index contributed by atoms with van der Waals surface area (Å²) in [4.78, 5) is 26.4. The van der Waals surface area contributed by atoms with Crippen LogP contribution in [-0.2, 0) is 29.0 Å². The van der Waals surface area contributed by atoms with E-state index in [1.54, 1.807) is 27.7 Å². The predicted molar refractivity (Wildman–Crippen MR) is 118 cm³/mol. The molecule has 0 spiro atoms. The molecule has 30 heavy (non-hydrogen) atoms. The lowest BCUT2D eigenvalue weighted by molar-refractivity contribution is -0.122. The van der Waals surface area contributed by atoms with E-state index < -0.39 is 17.7 Å². The Morgan fingerprint density at radius 2 is 1.73 bits per heavy atom. The van der Waals surface area contributed by atoms with Gasteiger partial charge in [0, 0.05) is 25.3 Å². The number of fused-ring (bicyclic) bond motifs is 1. The zero-order valence-electron chi connectivity index (χ0n) is 18.2.